The normalized spacial score (nSPS) is 13.6. The molecule has 2 rings (SSSR count). The SMILES string of the molecule is O=Cc1c(Cl)nc(=O)n2c1NCC2. The lowest BCUT2D eigenvalue weighted by molar-refractivity contribution is 0.112. The number of hydrogen-bond acceptors (Lipinski definition) is 4. The van der Waals surface area contributed by atoms with Crippen molar-refractivity contribution in [3.8, 4) is 0 Å². The maximum Gasteiger partial charge on any atom is 0.350 e. The molecule has 5 nitrogen and oxygen atoms in total. The molecule has 0 bridgehead atoms. The van der Waals surface area contributed by atoms with Gasteiger partial charge in [-0.05, 0) is 0 Å². The Morgan fingerprint density at radius 1 is 1.62 bits per heavy atom. The van der Waals surface area contributed by atoms with Crippen molar-refractivity contribution in [3.05, 3.63) is 21.2 Å². The van der Waals surface area contributed by atoms with Gasteiger partial charge in [0.15, 0.2) is 6.29 Å². The Morgan fingerprint density at radius 2 is 2.38 bits per heavy atom. The molecular formula is C7H6ClN3O2. The van der Waals surface area contributed by atoms with Crippen LogP contribution in [0.1, 0.15) is 10.4 Å². The molecule has 0 aromatic carbocycles. The van der Waals surface area contributed by atoms with Gasteiger partial charge in [0.2, 0.25) is 0 Å². The highest BCUT2D eigenvalue weighted by Crippen LogP contribution is 2.20. The maximum absolute atomic E-state index is 11.2. The molecule has 0 aliphatic carbocycles. The van der Waals surface area contributed by atoms with E-state index < -0.39 is 5.69 Å². The first kappa shape index (κ1) is 8.25. The van der Waals surface area contributed by atoms with E-state index in [1.54, 1.807) is 0 Å². The van der Waals surface area contributed by atoms with Crippen LogP contribution in [0, 0.1) is 0 Å². The Hall–Kier alpha value is -1.36. The lowest BCUT2D eigenvalue weighted by Gasteiger charge is -2.04. The van der Waals surface area contributed by atoms with Crippen LogP contribution in [0.15, 0.2) is 4.79 Å². The van der Waals surface area contributed by atoms with Crippen molar-refractivity contribution < 1.29 is 4.79 Å². The van der Waals surface area contributed by atoms with Gasteiger partial charge in [-0.2, -0.15) is 4.98 Å². The van der Waals surface area contributed by atoms with E-state index in [2.05, 4.69) is 10.3 Å². The molecule has 1 N–H and O–H groups in total. The second-order valence-electron chi connectivity index (χ2n) is 2.64. The zero-order valence-electron chi connectivity index (χ0n) is 6.58. The first-order chi connectivity index (χ1) is 6.24. The minimum absolute atomic E-state index is 0.0411. The molecular weight excluding hydrogens is 194 g/mol. The zero-order valence-corrected chi connectivity index (χ0v) is 7.34. The summed E-state index contributed by atoms with van der Waals surface area (Å²) in [6.07, 6.45) is 0.596. The molecule has 0 saturated heterocycles. The number of halogens is 1. The van der Waals surface area contributed by atoms with Crippen LogP contribution in [-0.4, -0.2) is 22.4 Å². The topological polar surface area (TPSA) is 64.0 Å². The zero-order chi connectivity index (χ0) is 9.42. The highest BCUT2D eigenvalue weighted by molar-refractivity contribution is 6.32. The number of carbonyl (C=O) groups excluding carboxylic acids is 1. The number of hydrogen-bond donors (Lipinski definition) is 1. The molecule has 0 unspecified atom stereocenters. The Morgan fingerprint density at radius 3 is 3.08 bits per heavy atom. The molecule has 2 heterocycles. The van der Waals surface area contributed by atoms with Gasteiger partial charge in [0.25, 0.3) is 0 Å². The molecule has 1 aromatic heterocycles. The smallest absolute Gasteiger partial charge is 0.350 e. The number of carbonyl (C=O) groups is 1. The van der Waals surface area contributed by atoms with Crippen LogP contribution in [0.2, 0.25) is 5.15 Å². The molecule has 6 heteroatoms. The van der Waals surface area contributed by atoms with E-state index in [9.17, 15) is 9.59 Å². The van der Waals surface area contributed by atoms with E-state index in [1.807, 2.05) is 0 Å². The first-order valence-corrected chi connectivity index (χ1v) is 4.11. The van der Waals surface area contributed by atoms with Crippen LogP contribution in [-0.2, 0) is 6.54 Å². The van der Waals surface area contributed by atoms with E-state index in [0.29, 0.717) is 25.2 Å². The quantitative estimate of drug-likeness (QED) is 0.516. The summed E-state index contributed by atoms with van der Waals surface area (Å²) in [6.45, 7) is 1.15. The standard InChI is InChI=1S/C7H6ClN3O2/c8-5-4(3-12)6-9-1-2-11(6)7(13)10-5/h3,9H,1-2H2. The molecule has 1 aromatic rings. The Kier molecular flexibility index (Phi) is 1.81. The predicted molar refractivity (Wildman–Crippen MR) is 47.4 cm³/mol. The summed E-state index contributed by atoms with van der Waals surface area (Å²) in [5, 5.41) is 2.87. The number of rotatable bonds is 1. The van der Waals surface area contributed by atoms with Crippen molar-refractivity contribution in [1.82, 2.24) is 9.55 Å². The minimum Gasteiger partial charge on any atom is -0.369 e. The number of nitrogens with one attached hydrogen (secondary N) is 1. The highest BCUT2D eigenvalue weighted by atomic mass is 35.5. The van der Waals surface area contributed by atoms with Crippen LogP contribution in [0.3, 0.4) is 0 Å². The molecule has 0 saturated carbocycles. The monoisotopic (exact) mass is 199 g/mol. The van der Waals surface area contributed by atoms with Gasteiger partial charge in [0.1, 0.15) is 11.0 Å². The predicted octanol–water partition coefficient (Wildman–Crippen LogP) is 0.135. The van der Waals surface area contributed by atoms with E-state index in [4.69, 9.17) is 11.6 Å². The van der Waals surface area contributed by atoms with Crippen molar-refractivity contribution in [2.24, 2.45) is 0 Å². The van der Waals surface area contributed by atoms with E-state index >= 15 is 0 Å². The van der Waals surface area contributed by atoms with Crippen LogP contribution in [0.25, 0.3) is 0 Å². The van der Waals surface area contributed by atoms with Gasteiger partial charge < -0.3 is 5.32 Å². The summed E-state index contributed by atoms with van der Waals surface area (Å²) in [5.41, 5.74) is -0.172. The molecule has 1 aliphatic rings. The van der Waals surface area contributed by atoms with Gasteiger partial charge in [-0.15, -0.1) is 0 Å². The van der Waals surface area contributed by atoms with Crippen molar-refractivity contribution in [2.45, 2.75) is 6.54 Å². The van der Waals surface area contributed by atoms with Crippen LogP contribution < -0.4 is 11.0 Å². The Balaban J connectivity index is 2.79. The highest BCUT2D eigenvalue weighted by Gasteiger charge is 2.18. The molecule has 13 heavy (non-hydrogen) atoms. The number of aldehydes is 1. The lowest BCUT2D eigenvalue weighted by Crippen LogP contribution is -2.22. The number of nitrogens with zero attached hydrogens (tertiary/aromatic N) is 2. The van der Waals surface area contributed by atoms with Crippen molar-refractivity contribution in [2.75, 3.05) is 11.9 Å². The number of anilines is 1. The fourth-order valence-corrected chi connectivity index (χ4v) is 1.54. The van der Waals surface area contributed by atoms with Crippen LogP contribution >= 0.6 is 11.6 Å². The summed E-state index contributed by atoms with van der Waals surface area (Å²) >= 11 is 5.62. The Bertz CT molecular complexity index is 426. The average molecular weight is 200 g/mol. The summed E-state index contributed by atoms with van der Waals surface area (Å²) in [6, 6.07) is 0. The molecule has 0 amide bonds. The fraction of sp³-hybridized carbons (Fsp3) is 0.286. The summed E-state index contributed by atoms with van der Waals surface area (Å²) < 4.78 is 1.40. The van der Waals surface area contributed by atoms with Gasteiger partial charge in [0.05, 0.1) is 5.56 Å². The third-order valence-electron chi connectivity index (χ3n) is 1.92. The second kappa shape index (κ2) is 2.85. The summed E-state index contributed by atoms with van der Waals surface area (Å²) in [5.74, 6) is 0.472. The first-order valence-electron chi connectivity index (χ1n) is 3.73. The molecule has 0 spiro atoms. The second-order valence-corrected chi connectivity index (χ2v) is 3.00. The molecule has 0 radical (unpaired) electrons. The fourth-order valence-electron chi connectivity index (χ4n) is 1.33. The maximum atomic E-state index is 11.2. The van der Waals surface area contributed by atoms with Gasteiger partial charge in [0, 0.05) is 13.1 Å². The number of fused-ring (bicyclic) bond motifs is 1. The van der Waals surface area contributed by atoms with Crippen LogP contribution in [0.4, 0.5) is 5.82 Å². The van der Waals surface area contributed by atoms with Gasteiger partial charge in [-0.3, -0.25) is 9.36 Å². The van der Waals surface area contributed by atoms with Crippen molar-refractivity contribution in [3.63, 3.8) is 0 Å². The average Bonchev–Trinajstić information content (AvgIpc) is 2.53. The minimum atomic E-state index is -0.421. The van der Waals surface area contributed by atoms with Crippen molar-refractivity contribution in [1.29, 1.82) is 0 Å². The Labute approximate surface area is 78.3 Å². The van der Waals surface area contributed by atoms with Gasteiger partial charge in [-0.25, -0.2) is 4.79 Å². The molecule has 0 fully saturated rings. The van der Waals surface area contributed by atoms with Gasteiger partial charge >= 0.3 is 5.69 Å². The summed E-state index contributed by atoms with van der Waals surface area (Å²) in [7, 11) is 0. The van der Waals surface area contributed by atoms with Gasteiger partial charge in [-0.1, -0.05) is 11.6 Å². The number of aromatic nitrogens is 2. The van der Waals surface area contributed by atoms with E-state index in [0.717, 1.165) is 0 Å². The van der Waals surface area contributed by atoms with E-state index in [1.165, 1.54) is 4.57 Å². The van der Waals surface area contributed by atoms with Crippen LogP contribution in [0.5, 0.6) is 0 Å². The molecule has 1 aliphatic heterocycles. The largest absolute Gasteiger partial charge is 0.369 e. The van der Waals surface area contributed by atoms with Crippen molar-refractivity contribution >= 4 is 23.7 Å². The molecule has 68 valence electrons. The lowest BCUT2D eigenvalue weighted by atomic mass is 10.3. The third kappa shape index (κ3) is 1.12. The summed E-state index contributed by atoms with van der Waals surface area (Å²) in [4.78, 5) is 25.3. The van der Waals surface area contributed by atoms with E-state index in [-0.39, 0.29) is 10.7 Å². The molecule has 0 atom stereocenters. The third-order valence-corrected chi connectivity index (χ3v) is 2.21.